The maximum Gasteiger partial charge on any atom is 0.253 e. The van der Waals surface area contributed by atoms with Gasteiger partial charge >= 0.3 is 0 Å². The number of methoxy groups -OCH3 is 1. The van der Waals surface area contributed by atoms with E-state index in [-0.39, 0.29) is 23.1 Å². The molecular weight excluding hydrogens is 320 g/mol. The monoisotopic (exact) mass is 346 g/mol. The molecule has 6 heteroatoms. The fraction of sp³-hybridized carbons (Fsp3) is 0.579. The maximum atomic E-state index is 12.9. The van der Waals surface area contributed by atoms with Gasteiger partial charge in [0.1, 0.15) is 5.75 Å². The fourth-order valence-electron chi connectivity index (χ4n) is 3.98. The number of carbonyl (C=O) groups is 2. The van der Waals surface area contributed by atoms with Crippen molar-refractivity contribution >= 4 is 11.8 Å². The minimum absolute atomic E-state index is 0.0254. The van der Waals surface area contributed by atoms with Gasteiger partial charge in [-0.2, -0.15) is 0 Å². The van der Waals surface area contributed by atoms with Crippen molar-refractivity contribution in [1.29, 1.82) is 0 Å². The first-order valence-corrected chi connectivity index (χ1v) is 8.69. The molecule has 0 saturated carbocycles. The van der Waals surface area contributed by atoms with Crippen LogP contribution in [0.3, 0.4) is 0 Å². The standard InChI is InChI=1S/C19H26N2O4/c1-20(2)18(23)16-12-21(13-19(16)8-10-25-11-9-19)17(22)14-4-6-15(24-3)7-5-14/h4-7,16H,8-13H2,1-3H3. The summed E-state index contributed by atoms with van der Waals surface area (Å²) in [6.07, 6.45) is 1.65. The van der Waals surface area contributed by atoms with E-state index >= 15 is 0 Å². The lowest BCUT2D eigenvalue weighted by molar-refractivity contribution is -0.138. The molecule has 0 aliphatic carbocycles. The van der Waals surface area contributed by atoms with Crippen LogP contribution < -0.4 is 4.74 Å². The zero-order chi connectivity index (χ0) is 18.0. The molecule has 1 unspecified atom stereocenters. The van der Waals surface area contributed by atoms with Gasteiger partial charge in [-0.25, -0.2) is 0 Å². The highest BCUT2D eigenvalue weighted by molar-refractivity contribution is 5.95. The highest BCUT2D eigenvalue weighted by Crippen LogP contribution is 2.45. The second kappa shape index (κ2) is 7.04. The van der Waals surface area contributed by atoms with Gasteiger partial charge in [0.05, 0.1) is 13.0 Å². The summed E-state index contributed by atoms with van der Waals surface area (Å²) >= 11 is 0. The molecule has 2 amide bonds. The Balaban J connectivity index is 1.82. The molecule has 1 aromatic rings. The van der Waals surface area contributed by atoms with Crippen molar-refractivity contribution in [2.24, 2.45) is 11.3 Å². The summed E-state index contributed by atoms with van der Waals surface area (Å²) in [7, 11) is 5.16. The molecule has 2 aliphatic rings. The zero-order valence-corrected chi connectivity index (χ0v) is 15.2. The lowest BCUT2D eigenvalue weighted by atomic mass is 9.71. The highest BCUT2D eigenvalue weighted by atomic mass is 16.5. The Bertz CT molecular complexity index is 635. The molecule has 136 valence electrons. The van der Waals surface area contributed by atoms with Crippen LogP contribution in [0.4, 0.5) is 0 Å². The Kier molecular flexibility index (Phi) is 4.99. The van der Waals surface area contributed by atoms with Crippen molar-refractivity contribution in [3.05, 3.63) is 29.8 Å². The number of nitrogens with zero attached hydrogens (tertiary/aromatic N) is 2. The summed E-state index contributed by atoms with van der Waals surface area (Å²) in [5.74, 6) is 0.641. The van der Waals surface area contributed by atoms with Crippen molar-refractivity contribution < 1.29 is 19.1 Å². The van der Waals surface area contributed by atoms with Crippen molar-refractivity contribution in [3.8, 4) is 5.75 Å². The van der Waals surface area contributed by atoms with Gasteiger partial charge in [-0.3, -0.25) is 9.59 Å². The largest absolute Gasteiger partial charge is 0.497 e. The Hall–Kier alpha value is -2.08. The van der Waals surface area contributed by atoms with Gasteiger partial charge in [0.25, 0.3) is 5.91 Å². The van der Waals surface area contributed by atoms with E-state index in [2.05, 4.69) is 0 Å². The number of carbonyl (C=O) groups excluding carboxylic acids is 2. The third-order valence-electron chi connectivity index (χ3n) is 5.50. The van der Waals surface area contributed by atoms with Crippen LogP contribution in [0, 0.1) is 11.3 Å². The van der Waals surface area contributed by atoms with E-state index in [0.29, 0.717) is 31.9 Å². The number of ether oxygens (including phenoxy) is 2. The quantitative estimate of drug-likeness (QED) is 0.835. The number of benzene rings is 1. The molecule has 0 radical (unpaired) electrons. The molecule has 2 saturated heterocycles. The summed E-state index contributed by atoms with van der Waals surface area (Å²) in [6.45, 7) is 2.40. The molecule has 0 N–H and O–H groups in total. The molecule has 0 bridgehead atoms. The molecule has 1 spiro atoms. The summed E-state index contributed by atoms with van der Waals surface area (Å²) in [4.78, 5) is 29.2. The second-order valence-electron chi connectivity index (χ2n) is 7.17. The van der Waals surface area contributed by atoms with Crippen LogP contribution in [-0.4, -0.2) is 69.1 Å². The van der Waals surface area contributed by atoms with E-state index in [1.54, 1.807) is 50.4 Å². The predicted molar refractivity (Wildman–Crippen MR) is 93.6 cm³/mol. The number of hydrogen-bond acceptors (Lipinski definition) is 4. The molecule has 3 rings (SSSR count). The van der Waals surface area contributed by atoms with E-state index in [9.17, 15) is 9.59 Å². The van der Waals surface area contributed by atoms with Crippen LogP contribution in [0.15, 0.2) is 24.3 Å². The highest BCUT2D eigenvalue weighted by Gasteiger charge is 2.52. The van der Waals surface area contributed by atoms with Gasteiger partial charge in [-0.1, -0.05) is 0 Å². The molecule has 6 nitrogen and oxygen atoms in total. The van der Waals surface area contributed by atoms with Crippen molar-refractivity contribution in [2.75, 3.05) is 47.5 Å². The van der Waals surface area contributed by atoms with Gasteiger partial charge in [0.15, 0.2) is 0 Å². The Morgan fingerprint density at radius 1 is 1.20 bits per heavy atom. The van der Waals surface area contributed by atoms with E-state index in [1.165, 1.54) is 0 Å². The van der Waals surface area contributed by atoms with Crippen molar-refractivity contribution in [3.63, 3.8) is 0 Å². The van der Waals surface area contributed by atoms with Crippen molar-refractivity contribution in [1.82, 2.24) is 9.80 Å². The average Bonchev–Trinajstić information content (AvgIpc) is 2.99. The Morgan fingerprint density at radius 3 is 2.40 bits per heavy atom. The van der Waals surface area contributed by atoms with Crippen LogP contribution in [0.25, 0.3) is 0 Å². The number of hydrogen-bond donors (Lipinski definition) is 0. The number of likely N-dealkylation sites (tertiary alicyclic amines) is 1. The zero-order valence-electron chi connectivity index (χ0n) is 15.2. The third kappa shape index (κ3) is 3.35. The summed E-state index contributed by atoms with van der Waals surface area (Å²) < 4.78 is 10.7. The van der Waals surface area contributed by atoms with Crippen LogP contribution in [0.5, 0.6) is 5.75 Å². The molecule has 1 aromatic carbocycles. The third-order valence-corrected chi connectivity index (χ3v) is 5.50. The maximum absolute atomic E-state index is 12.9. The molecule has 25 heavy (non-hydrogen) atoms. The second-order valence-corrected chi connectivity index (χ2v) is 7.17. The summed E-state index contributed by atoms with van der Waals surface area (Å²) in [5, 5.41) is 0. The van der Waals surface area contributed by atoms with E-state index < -0.39 is 0 Å². The lowest BCUT2D eigenvalue weighted by Gasteiger charge is -2.37. The first kappa shape index (κ1) is 17.7. The van der Waals surface area contributed by atoms with Gasteiger partial charge in [-0.15, -0.1) is 0 Å². The topological polar surface area (TPSA) is 59.1 Å². The molecule has 2 heterocycles. The van der Waals surface area contributed by atoms with Crippen molar-refractivity contribution in [2.45, 2.75) is 12.8 Å². The Labute approximate surface area is 148 Å². The van der Waals surface area contributed by atoms with E-state index in [0.717, 1.165) is 18.6 Å². The first-order valence-electron chi connectivity index (χ1n) is 8.69. The van der Waals surface area contributed by atoms with E-state index in [1.807, 2.05) is 4.90 Å². The van der Waals surface area contributed by atoms with Gasteiger partial charge in [-0.05, 0) is 37.1 Å². The molecule has 2 aliphatic heterocycles. The summed E-state index contributed by atoms with van der Waals surface area (Å²) in [6, 6.07) is 7.13. The van der Waals surface area contributed by atoms with Crippen LogP contribution in [0.1, 0.15) is 23.2 Å². The van der Waals surface area contributed by atoms with Gasteiger partial charge in [0, 0.05) is 51.4 Å². The van der Waals surface area contributed by atoms with Gasteiger partial charge in [0.2, 0.25) is 5.91 Å². The van der Waals surface area contributed by atoms with Crippen LogP contribution in [0.2, 0.25) is 0 Å². The number of rotatable bonds is 3. The predicted octanol–water partition coefficient (Wildman–Crippen LogP) is 1.65. The summed E-state index contributed by atoms with van der Waals surface area (Å²) in [5.41, 5.74) is 0.461. The average molecular weight is 346 g/mol. The van der Waals surface area contributed by atoms with Crippen LogP contribution >= 0.6 is 0 Å². The Morgan fingerprint density at radius 2 is 1.84 bits per heavy atom. The SMILES string of the molecule is COc1ccc(C(=O)N2CC(C(=O)N(C)C)C3(CCOCC3)C2)cc1. The molecule has 1 atom stereocenters. The van der Waals surface area contributed by atoms with E-state index in [4.69, 9.17) is 9.47 Å². The smallest absolute Gasteiger partial charge is 0.253 e. The molecule has 0 aromatic heterocycles. The van der Waals surface area contributed by atoms with Gasteiger partial charge < -0.3 is 19.3 Å². The molecule has 2 fully saturated rings. The minimum atomic E-state index is -0.165. The number of amides is 2. The minimum Gasteiger partial charge on any atom is -0.497 e. The fourth-order valence-corrected chi connectivity index (χ4v) is 3.98. The normalized spacial score (nSPS) is 22.0. The lowest BCUT2D eigenvalue weighted by Crippen LogP contribution is -2.44. The first-order chi connectivity index (χ1) is 12.0. The van der Waals surface area contributed by atoms with Crippen LogP contribution in [-0.2, 0) is 9.53 Å². The molecular formula is C19H26N2O4.